The second-order valence-corrected chi connectivity index (χ2v) is 9.06. The largest absolute Gasteiger partial charge is 0.379 e. The first-order valence-corrected chi connectivity index (χ1v) is 11.3. The van der Waals surface area contributed by atoms with Gasteiger partial charge in [0.1, 0.15) is 0 Å². The van der Waals surface area contributed by atoms with Crippen molar-refractivity contribution in [2.75, 3.05) is 0 Å². The summed E-state index contributed by atoms with van der Waals surface area (Å²) in [6.07, 6.45) is 3.57. The maximum absolute atomic E-state index is 12.4. The number of hydrogen-bond donors (Lipinski definition) is 4. The molecule has 32 heavy (non-hydrogen) atoms. The van der Waals surface area contributed by atoms with Crippen molar-refractivity contribution in [1.29, 1.82) is 0 Å². The van der Waals surface area contributed by atoms with E-state index in [1.165, 1.54) is 0 Å². The molecule has 2 saturated heterocycles. The topological polar surface area (TPSA) is 158 Å². The number of hydrogen-bond acceptors (Lipinski definition) is 10. The lowest BCUT2D eigenvalue weighted by Gasteiger charge is -2.28. The molecule has 4 N–H and O–H groups in total. The smallest absolute Gasteiger partial charge is 0.358 e. The highest BCUT2D eigenvalue weighted by Crippen LogP contribution is 2.34. The summed E-state index contributed by atoms with van der Waals surface area (Å²) in [4.78, 5) is 58.5. The van der Waals surface area contributed by atoms with Crippen molar-refractivity contribution in [2.45, 2.75) is 88.5 Å². The van der Waals surface area contributed by atoms with Crippen LogP contribution in [0.15, 0.2) is 0 Å². The van der Waals surface area contributed by atoms with Gasteiger partial charge in [0.05, 0.1) is 12.1 Å². The molecule has 2 heterocycles. The summed E-state index contributed by atoms with van der Waals surface area (Å²) in [6, 6.07) is -0.727. The van der Waals surface area contributed by atoms with Crippen LogP contribution in [0.5, 0.6) is 0 Å². The lowest BCUT2D eigenvalue weighted by Crippen LogP contribution is -2.51. The number of aliphatic hydroxyl groups excluding tert-OH is 2. The Labute approximate surface area is 185 Å². The van der Waals surface area contributed by atoms with Crippen LogP contribution in [0, 0.1) is 11.8 Å². The average molecular weight is 454 g/mol. The van der Waals surface area contributed by atoms with E-state index in [0.29, 0.717) is 0 Å². The molecule has 2 saturated carbocycles. The number of hydrazine groups is 2. The zero-order valence-corrected chi connectivity index (χ0v) is 17.8. The molecule has 12 heteroatoms. The molecule has 0 bridgehead atoms. The third-order valence-corrected chi connectivity index (χ3v) is 6.91. The zero-order chi connectivity index (χ0) is 22.8. The van der Waals surface area contributed by atoms with Gasteiger partial charge in [-0.25, -0.2) is 9.59 Å². The summed E-state index contributed by atoms with van der Waals surface area (Å²) in [6.45, 7) is 0. The quantitative estimate of drug-likeness (QED) is 0.384. The predicted molar refractivity (Wildman–Crippen MR) is 105 cm³/mol. The molecule has 2 aliphatic heterocycles. The number of rotatable bonds is 7. The fourth-order valence-electron chi connectivity index (χ4n) is 5.19. The Morgan fingerprint density at radius 3 is 1.44 bits per heavy atom. The minimum absolute atomic E-state index is 0.163. The van der Waals surface area contributed by atoms with Gasteiger partial charge >= 0.3 is 11.9 Å². The first kappa shape index (κ1) is 22.9. The Hall–Kier alpha value is -2.28. The summed E-state index contributed by atoms with van der Waals surface area (Å²) in [5, 5.41) is 22.4. The van der Waals surface area contributed by atoms with Gasteiger partial charge in [-0.15, -0.1) is 0 Å². The van der Waals surface area contributed by atoms with Crippen LogP contribution in [0.25, 0.3) is 0 Å². The van der Waals surface area contributed by atoms with Gasteiger partial charge in [-0.05, 0) is 47.9 Å². The van der Waals surface area contributed by atoms with Crippen LogP contribution in [0.1, 0.15) is 64.2 Å². The van der Waals surface area contributed by atoms with Crippen LogP contribution in [-0.2, 0) is 28.9 Å². The third-order valence-electron chi connectivity index (χ3n) is 6.91. The second-order valence-electron chi connectivity index (χ2n) is 9.06. The van der Waals surface area contributed by atoms with Gasteiger partial charge in [0.25, 0.3) is 0 Å². The van der Waals surface area contributed by atoms with E-state index >= 15 is 0 Å². The Bertz CT molecular complexity index is 690. The number of nitrogens with zero attached hydrogens (tertiary/aromatic N) is 2. The Morgan fingerprint density at radius 2 is 1.09 bits per heavy atom. The van der Waals surface area contributed by atoms with Gasteiger partial charge < -0.3 is 19.9 Å². The fourth-order valence-corrected chi connectivity index (χ4v) is 5.19. The molecular weight excluding hydrogens is 424 g/mol. The molecule has 0 spiro atoms. The molecule has 0 aromatic carbocycles. The summed E-state index contributed by atoms with van der Waals surface area (Å²) in [5.74, 6) is -2.88. The molecule has 4 aliphatic rings. The SMILES string of the molecule is O=C1C[C@H](C2CCCC2)N(OC(=O)C(O)C(O)C(=O)ON2NC(=O)C[C@@H]2C2CCCC2)N1. The number of nitrogens with one attached hydrogen (secondary N) is 2. The highest BCUT2D eigenvalue weighted by atomic mass is 16.8. The zero-order valence-electron chi connectivity index (χ0n) is 17.8. The van der Waals surface area contributed by atoms with Gasteiger partial charge in [-0.3, -0.25) is 20.4 Å². The van der Waals surface area contributed by atoms with E-state index in [1.807, 2.05) is 0 Å². The van der Waals surface area contributed by atoms with Crippen LogP contribution in [0.3, 0.4) is 0 Å². The molecule has 12 nitrogen and oxygen atoms in total. The fraction of sp³-hybridized carbons (Fsp3) is 0.800. The molecule has 4 atom stereocenters. The van der Waals surface area contributed by atoms with E-state index < -0.39 is 24.1 Å². The minimum atomic E-state index is -2.23. The number of hydroxylamine groups is 2. The van der Waals surface area contributed by atoms with Crippen LogP contribution in [0.4, 0.5) is 0 Å². The van der Waals surface area contributed by atoms with Gasteiger partial charge in [0, 0.05) is 12.8 Å². The van der Waals surface area contributed by atoms with E-state index in [2.05, 4.69) is 10.9 Å². The Balaban J connectivity index is 1.32. The molecule has 4 rings (SSSR count). The van der Waals surface area contributed by atoms with Crippen molar-refractivity contribution in [3.05, 3.63) is 0 Å². The predicted octanol–water partition coefficient (Wildman–Crippen LogP) is -0.784. The molecular formula is C20H30N4O8. The van der Waals surface area contributed by atoms with E-state index in [9.17, 15) is 29.4 Å². The van der Waals surface area contributed by atoms with Crippen molar-refractivity contribution >= 4 is 23.8 Å². The van der Waals surface area contributed by atoms with E-state index in [-0.39, 0.29) is 48.6 Å². The van der Waals surface area contributed by atoms with Crippen LogP contribution in [0.2, 0.25) is 0 Å². The standard InChI is InChI=1S/C20H30N4O8/c25-15-9-13(11-5-1-2-6-11)23(21-15)31-19(29)17(27)18(28)20(30)32-24-14(10-16(26)22-24)12-7-3-4-8-12/h11-14,17-18,27-28H,1-10H2,(H,21,25)(H,22,26)/t13-,14-,17?,18?/m1/s1. The van der Waals surface area contributed by atoms with Crippen LogP contribution in [-0.4, -0.2) is 68.6 Å². The summed E-state index contributed by atoms with van der Waals surface area (Å²) in [5.41, 5.74) is 4.84. The number of amides is 2. The van der Waals surface area contributed by atoms with Gasteiger partial charge in [0.15, 0.2) is 12.2 Å². The monoisotopic (exact) mass is 454 g/mol. The van der Waals surface area contributed by atoms with Crippen LogP contribution >= 0.6 is 0 Å². The van der Waals surface area contributed by atoms with Crippen molar-refractivity contribution in [1.82, 2.24) is 21.2 Å². The Morgan fingerprint density at radius 1 is 0.750 bits per heavy atom. The van der Waals surface area contributed by atoms with Crippen molar-refractivity contribution in [3.8, 4) is 0 Å². The summed E-state index contributed by atoms with van der Waals surface area (Å²) < 4.78 is 0. The lowest BCUT2D eigenvalue weighted by atomic mass is 9.97. The minimum Gasteiger partial charge on any atom is -0.379 e. The highest BCUT2D eigenvalue weighted by Gasteiger charge is 2.44. The second kappa shape index (κ2) is 9.69. The number of carbonyl (C=O) groups excluding carboxylic acids is 4. The molecule has 2 unspecified atom stereocenters. The number of carbonyl (C=O) groups is 4. The average Bonchev–Trinajstić information content (AvgIpc) is 3.54. The van der Waals surface area contributed by atoms with Gasteiger partial charge in [-0.1, -0.05) is 25.7 Å². The van der Waals surface area contributed by atoms with Crippen molar-refractivity contribution in [3.63, 3.8) is 0 Å². The van der Waals surface area contributed by atoms with E-state index in [4.69, 9.17) is 9.68 Å². The summed E-state index contributed by atoms with van der Waals surface area (Å²) >= 11 is 0. The van der Waals surface area contributed by atoms with Crippen LogP contribution < -0.4 is 10.9 Å². The summed E-state index contributed by atoms with van der Waals surface area (Å²) in [7, 11) is 0. The lowest BCUT2D eigenvalue weighted by molar-refractivity contribution is -0.238. The van der Waals surface area contributed by atoms with Gasteiger partial charge in [0.2, 0.25) is 11.8 Å². The first-order chi connectivity index (χ1) is 15.3. The highest BCUT2D eigenvalue weighted by molar-refractivity contribution is 5.85. The molecule has 4 fully saturated rings. The molecule has 2 amide bonds. The van der Waals surface area contributed by atoms with E-state index in [0.717, 1.165) is 61.7 Å². The van der Waals surface area contributed by atoms with Crippen molar-refractivity contribution < 1.29 is 39.1 Å². The van der Waals surface area contributed by atoms with Gasteiger partial charge in [-0.2, -0.15) is 0 Å². The number of aliphatic hydroxyl groups is 2. The maximum Gasteiger partial charge on any atom is 0.358 e. The molecule has 178 valence electrons. The first-order valence-electron chi connectivity index (χ1n) is 11.3. The molecule has 0 aromatic rings. The van der Waals surface area contributed by atoms with E-state index in [1.54, 1.807) is 0 Å². The molecule has 2 aliphatic carbocycles. The third kappa shape index (κ3) is 4.87. The maximum atomic E-state index is 12.4. The Kier molecular flexibility index (Phi) is 6.93. The normalized spacial score (nSPS) is 29.7. The molecule has 0 radical (unpaired) electrons. The van der Waals surface area contributed by atoms with Crippen molar-refractivity contribution in [2.24, 2.45) is 11.8 Å². The molecule has 0 aromatic heterocycles.